The molecule has 3 aromatic rings. The van der Waals surface area contributed by atoms with Gasteiger partial charge in [0.15, 0.2) is 14.4 Å². The van der Waals surface area contributed by atoms with Crippen molar-refractivity contribution >= 4 is 35.3 Å². The van der Waals surface area contributed by atoms with Crippen molar-refractivity contribution < 1.29 is 22.3 Å². The van der Waals surface area contributed by atoms with E-state index >= 15 is 0 Å². The van der Waals surface area contributed by atoms with E-state index in [4.69, 9.17) is 9.16 Å². The lowest BCUT2D eigenvalue weighted by molar-refractivity contribution is 0.0728. The molecular weight excluding hydrogens is 491 g/mol. The summed E-state index contributed by atoms with van der Waals surface area (Å²) >= 11 is 3.38. The molecule has 0 amide bonds. The first-order valence-electron chi connectivity index (χ1n) is 9.75. The first-order chi connectivity index (χ1) is 14.4. The summed E-state index contributed by atoms with van der Waals surface area (Å²) in [6.45, 7) is 7.92. The lowest BCUT2D eigenvalue weighted by atomic mass is 10.2. The van der Waals surface area contributed by atoms with Gasteiger partial charge in [-0.15, -0.1) is 0 Å². The van der Waals surface area contributed by atoms with E-state index in [0.29, 0.717) is 15.7 Å². The van der Waals surface area contributed by atoms with Crippen LogP contribution in [0.3, 0.4) is 0 Å². The van der Waals surface area contributed by atoms with Gasteiger partial charge in [-0.1, -0.05) is 36.7 Å². The van der Waals surface area contributed by atoms with Gasteiger partial charge in [0, 0.05) is 4.47 Å². The number of benzene rings is 1. The highest BCUT2D eigenvalue weighted by molar-refractivity contribution is 9.10. The van der Waals surface area contributed by atoms with E-state index in [1.54, 1.807) is 12.1 Å². The molecule has 0 spiro atoms. The van der Waals surface area contributed by atoms with Gasteiger partial charge in [-0.25, -0.2) is 9.37 Å². The maximum atomic E-state index is 13.5. The third-order valence-corrected chi connectivity index (χ3v) is 10.5. The summed E-state index contributed by atoms with van der Waals surface area (Å²) in [7, 11) is -2.14. The Hall–Kier alpha value is -1.91. The Morgan fingerprint density at radius 2 is 1.87 bits per heavy atom. The number of alkyl halides is 2. The van der Waals surface area contributed by atoms with Crippen LogP contribution in [0.25, 0.3) is 11.0 Å². The van der Waals surface area contributed by atoms with Crippen LogP contribution in [0.2, 0.25) is 18.1 Å². The molecule has 1 unspecified atom stereocenters. The highest BCUT2D eigenvalue weighted by Gasteiger charge is 2.38. The molecule has 31 heavy (non-hydrogen) atoms. The first-order valence-corrected chi connectivity index (χ1v) is 13.5. The van der Waals surface area contributed by atoms with Gasteiger partial charge in [-0.3, -0.25) is 9.55 Å². The van der Waals surface area contributed by atoms with Crippen molar-refractivity contribution in [2.75, 3.05) is 6.61 Å². The molecule has 0 N–H and O–H groups in total. The lowest BCUT2D eigenvalue weighted by Crippen LogP contribution is -2.42. The van der Waals surface area contributed by atoms with E-state index in [-0.39, 0.29) is 22.9 Å². The van der Waals surface area contributed by atoms with Crippen molar-refractivity contribution in [1.29, 1.82) is 0 Å². The molecule has 0 saturated carbocycles. The minimum Gasteiger partial charge on any atom is -0.479 e. The Morgan fingerprint density at radius 3 is 2.45 bits per heavy atom. The van der Waals surface area contributed by atoms with E-state index in [2.05, 4.69) is 59.8 Å². The standard InChI is InChI=1S/C21H25BrF3N3O2Si/c1-21(2,3)31(4,5)29-11-18(15-7-6-14(23)10-26-15)30-17-9-13(22)8-16-19(17)28(12-27-16)20(24)25/h6-10,12,18,20H,11H2,1-5H3. The van der Waals surface area contributed by atoms with Crippen molar-refractivity contribution in [3.8, 4) is 5.75 Å². The van der Waals surface area contributed by atoms with Gasteiger partial charge < -0.3 is 9.16 Å². The fraction of sp³-hybridized carbons (Fsp3) is 0.429. The molecule has 0 bridgehead atoms. The number of imidazole rings is 1. The van der Waals surface area contributed by atoms with Crippen LogP contribution in [-0.4, -0.2) is 29.5 Å². The second-order valence-electron chi connectivity index (χ2n) is 8.78. The first kappa shape index (κ1) is 23.7. The maximum absolute atomic E-state index is 13.5. The third-order valence-electron chi connectivity index (χ3n) is 5.56. The summed E-state index contributed by atoms with van der Waals surface area (Å²) in [4.78, 5) is 8.19. The largest absolute Gasteiger partial charge is 0.479 e. The average molecular weight is 516 g/mol. The highest BCUT2D eigenvalue weighted by Crippen LogP contribution is 2.38. The van der Waals surface area contributed by atoms with Crippen molar-refractivity contribution in [3.05, 3.63) is 52.8 Å². The zero-order valence-corrected chi connectivity index (χ0v) is 20.6. The number of hydrogen-bond donors (Lipinski definition) is 0. The summed E-state index contributed by atoms with van der Waals surface area (Å²) in [6, 6.07) is 6.03. The number of hydrogen-bond acceptors (Lipinski definition) is 4. The Morgan fingerprint density at radius 1 is 1.16 bits per heavy atom. The maximum Gasteiger partial charge on any atom is 0.320 e. The van der Waals surface area contributed by atoms with Crippen molar-refractivity contribution in [2.24, 2.45) is 0 Å². The second-order valence-corrected chi connectivity index (χ2v) is 14.5. The zero-order chi connectivity index (χ0) is 23.0. The van der Waals surface area contributed by atoms with Gasteiger partial charge in [0.1, 0.15) is 23.4 Å². The molecule has 0 aliphatic carbocycles. The number of pyridine rings is 1. The van der Waals surface area contributed by atoms with Gasteiger partial charge in [0.25, 0.3) is 0 Å². The Balaban J connectivity index is 2.01. The van der Waals surface area contributed by atoms with Crippen LogP contribution in [-0.2, 0) is 4.43 Å². The minimum atomic E-state index is -2.78. The van der Waals surface area contributed by atoms with Gasteiger partial charge in [-0.2, -0.15) is 8.78 Å². The molecule has 0 fully saturated rings. The number of rotatable bonds is 7. The van der Waals surface area contributed by atoms with Crippen LogP contribution in [0.15, 0.2) is 41.3 Å². The summed E-state index contributed by atoms with van der Waals surface area (Å²) in [5.41, 5.74) is 0.967. The number of halogens is 4. The van der Waals surface area contributed by atoms with E-state index in [1.807, 2.05) is 0 Å². The molecule has 5 nitrogen and oxygen atoms in total. The number of aromatic nitrogens is 3. The quantitative estimate of drug-likeness (QED) is 0.322. The SMILES string of the molecule is CC(C)(C)[Si](C)(C)OCC(Oc1cc(Br)cc2ncn(C(F)F)c12)c1ccc(F)cn1. The molecule has 1 aromatic carbocycles. The molecule has 10 heteroatoms. The van der Waals surface area contributed by atoms with E-state index in [0.717, 1.165) is 17.1 Å². The summed E-state index contributed by atoms with van der Waals surface area (Å²) in [6.07, 6.45) is 1.44. The molecule has 168 valence electrons. The van der Waals surface area contributed by atoms with Crippen LogP contribution in [0.1, 0.15) is 39.1 Å². The lowest BCUT2D eigenvalue weighted by Gasteiger charge is -2.37. The number of nitrogens with zero attached hydrogens (tertiary/aromatic N) is 3. The molecule has 0 saturated heterocycles. The molecular formula is C21H25BrF3N3O2Si. The van der Waals surface area contributed by atoms with E-state index in [1.165, 1.54) is 12.1 Å². The zero-order valence-electron chi connectivity index (χ0n) is 18.0. The normalized spacial score (nSPS) is 13.7. The highest BCUT2D eigenvalue weighted by atomic mass is 79.9. The Labute approximate surface area is 188 Å². The predicted molar refractivity (Wildman–Crippen MR) is 119 cm³/mol. The van der Waals surface area contributed by atoms with Crippen LogP contribution < -0.4 is 4.74 Å². The summed E-state index contributed by atoms with van der Waals surface area (Å²) < 4.78 is 54.4. The smallest absolute Gasteiger partial charge is 0.320 e. The van der Waals surface area contributed by atoms with E-state index < -0.39 is 26.8 Å². The van der Waals surface area contributed by atoms with Crippen molar-refractivity contribution in [3.63, 3.8) is 0 Å². The Bertz CT molecular complexity index is 1050. The van der Waals surface area contributed by atoms with Crippen LogP contribution in [0.5, 0.6) is 5.75 Å². The third kappa shape index (κ3) is 5.29. The van der Waals surface area contributed by atoms with E-state index in [9.17, 15) is 13.2 Å². The van der Waals surface area contributed by atoms with Crippen LogP contribution in [0, 0.1) is 5.82 Å². The summed E-state index contributed by atoms with van der Waals surface area (Å²) in [5.74, 6) is -0.273. The monoisotopic (exact) mass is 515 g/mol. The molecule has 0 radical (unpaired) electrons. The van der Waals surface area contributed by atoms with Gasteiger partial charge in [0.2, 0.25) is 0 Å². The topological polar surface area (TPSA) is 49.2 Å². The molecule has 1 atom stereocenters. The number of ether oxygens (including phenoxy) is 1. The van der Waals surface area contributed by atoms with Crippen LogP contribution in [0.4, 0.5) is 13.2 Å². The molecule has 2 heterocycles. The second kappa shape index (κ2) is 8.91. The van der Waals surface area contributed by atoms with Crippen molar-refractivity contribution in [1.82, 2.24) is 14.5 Å². The van der Waals surface area contributed by atoms with Gasteiger partial charge in [0.05, 0.1) is 24.0 Å². The molecule has 0 aliphatic rings. The minimum absolute atomic E-state index is 0.0366. The summed E-state index contributed by atoms with van der Waals surface area (Å²) in [5, 5.41) is -0.0366. The molecule has 3 rings (SSSR count). The molecule has 0 aliphatic heterocycles. The van der Waals surface area contributed by atoms with Gasteiger partial charge >= 0.3 is 6.55 Å². The molecule has 2 aromatic heterocycles. The fourth-order valence-electron chi connectivity index (χ4n) is 2.75. The van der Waals surface area contributed by atoms with Gasteiger partial charge in [-0.05, 0) is 42.4 Å². The predicted octanol–water partition coefficient (Wildman–Crippen LogP) is 6.87. The Kier molecular flexibility index (Phi) is 6.83. The fourth-order valence-corrected chi connectivity index (χ4v) is 4.18. The average Bonchev–Trinajstić information content (AvgIpc) is 3.09. The van der Waals surface area contributed by atoms with Crippen LogP contribution >= 0.6 is 15.9 Å². The number of fused-ring (bicyclic) bond motifs is 1. The van der Waals surface area contributed by atoms with Crippen molar-refractivity contribution in [2.45, 2.75) is 51.6 Å².